The van der Waals surface area contributed by atoms with Crippen molar-refractivity contribution >= 4 is 20.7 Å². The van der Waals surface area contributed by atoms with Crippen molar-refractivity contribution in [2.45, 2.75) is 52.5 Å². The molecule has 0 radical (unpaired) electrons. The fourth-order valence-electron chi connectivity index (χ4n) is 2.75. The molecule has 152 valence electrons. The molecule has 8 heteroatoms. The number of allylic oxidation sites excluding steroid dienone is 2. The van der Waals surface area contributed by atoms with Crippen LogP contribution in [0.3, 0.4) is 0 Å². The first kappa shape index (κ1) is 24.8. The Morgan fingerprint density at radius 3 is 2.19 bits per heavy atom. The highest BCUT2D eigenvalue weighted by Crippen LogP contribution is 2.19. The van der Waals surface area contributed by atoms with Crippen molar-refractivity contribution in [3.63, 3.8) is 0 Å². The number of carboxylic acid groups (broad SMARTS) is 1. The van der Waals surface area contributed by atoms with E-state index in [1.807, 2.05) is 6.92 Å². The molecule has 7 nitrogen and oxygen atoms in total. The summed E-state index contributed by atoms with van der Waals surface area (Å²) in [7, 11) is 2.00. The minimum Gasteiger partial charge on any atom is -0.481 e. The molecule has 0 aliphatic carbocycles. The fourth-order valence-corrected chi connectivity index (χ4v) is 4.47. The van der Waals surface area contributed by atoms with Crippen molar-refractivity contribution in [1.29, 1.82) is 0 Å². The van der Waals surface area contributed by atoms with Crippen LogP contribution >= 0.6 is 0 Å². The second kappa shape index (κ2) is 13.0. The zero-order valence-corrected chi connectivity index (χ0v) is 18.0. The van der Waals surface area contributed by atoms with Gasteiger partial charge in [-0.1, -0.05) is 31.9 Å². The van der Waals surface area contributed by atoms with Gasteiger partial charge in [0.05, 0.1) is 12.3 Å². The third-order valence-electron chi connectivity index (χ3n) is 4.47. The van der Waals surface area contributed by atoms with E-state index in [9.17, 15) is 9.59 Å². The molecule has 0 aliphatic rings. The van der Waals surface area contributed by atoms with Crippen LogP contribution in [0.5, 0.6) is 0 Å². The molecule has 1 amide bonds. The van der Waals surface area contributed by atoms with Gasteiger partial charge in [-0.15, -0.1) is 0 Å². The van der Waals surface area contributed by atoms with Gasteiger partial charge in [0.25, 0.3) is 0 Å². The van der Waals surface area contributed by atoms with Gasteiger partial charge in [0.15, 0.2) is 0 Å². The Hall–Kier alpha value is -1.22. The van der Waals surface area contributed by atoms with E-state index in [4.69, 9.17) is 18.4 Å². The number of carbonyl (C=O) groups is 2. The molecule has 0 aliphatic heterocycles. The smallest absolute Gasteiger partial charge is 0.481 e. The molecule has 0 aromatic carbocycles. The molecule has 2 atom stereocenters. The van der Waals surface area contributed by atoms with Gasteiger partial charge in [0, 0.05) is 33.9 Å². The summed E-state index contributed by atoms with van der Waals surface area (Å²) in [6.45, 7) is 6.57. The Balaban J connectivity index is 4.65. The van der Waals surface area contributed by atoms with Crippen molar-refractivity contribution in [3.8, 4) is 0 Å². The first-order valence-electron chi connectivity index (χ1n) is 9.05. The van der Waals surface area contributed by atoms with Gasteiger partial charge in [-0.05, 0) is 25.7 Å². The lowest BCUT2D eigenvalue weighted by Gasteiger charge is -2.24. The Kier molecular flexibility index (Phi) is 12.4. The van der Waals surface area contributed by atoms with Gasteiger partial charge in [-0.25, -0.2) is 0 Å². The van der Waals surface area contributed by atoms with Gasteiger partial charge < -0.3 is 23.7 Å². The largest absolute Gasteiger partial charge is 0.500 e. The number of carboxylic acids is 1. The first-order valence-corrected chi connectivity index (χ1v) is 11.0. The van der Waals surface area contributed by atoms with Gasteiger partial charge in [-0.2, -0.15) is 0 Å². The van der Waals surface area contributed by atoms with Crippen molar-refractivity contribution in [2.24, 2.45) is 11.8 Å². The monoisotopic (exact) mass is 389 g/mol. The number of nitrogens with one attached hydrogen (secondary N) is 1. The number of carbonyl (C=O) groups excluding carboxylic acids is 1. The summed E-state index contributed by atoms with van der Waals surface area (Å²) in [6.07, 6.45) is 4.03. The van der Waals surface area contributed by atoms with E-state index in [1.165, 1.54) is 0 Å². The third-order valence-corrected chi connectivity index (χ3v) is 7.30. The molecular formula is C18H35NO6Si. The summed E-state index contributed by atoms with van der Waals surface area (Å²) in [6, 6.07) is 0.577. The summed E-state index contributed by atoms with van der Waals surface area (Å²) < 4.78 is 16.0. The van der Waals surface area contributed by atoms with Crippen molar-refractivity contribution in [2.75, 3.05) is 27.9 Å². The lowest BCUT2D eigenvalue weighted by atomic mass is 9.93. The van der Waals surface area contributed by atoms with Crippen LogP contribution in [0, 0.1) is 11.8 Å². The first-order chi connectivity index (χ1) is 12.2. The molecule has 0 heterocycles. The van der Waals surface area contributed by atoms with E-state index in [2.05, 4.69) is 25.2 Å². The highest BCUT2D eigenvalue weighted by atomic mass is 28.4. The van der Waals surface area contributed by atoms with E-state index in [0.29, 0.717) is 31.3 Å². The Bertz CT molecular complexity index is 456. The quantitative estimate of drug-likeness (QED) is 0.269. The molecule has 0 saturated carbocycles. The SMILES string of the molecule is CCC(C)C=C(C)CC(CC(=O)O)C(=O)NCCC[Si](OC)(OC)OC. The van der Waals surface area contributed by atoms with Crippen molar-refractivity contribution in [1.82, 2.24) is 5.32 Å². The second-order valence-electron chi connectivity index (χ2n) is 6.59. The van der Waals surface area contributed by atoms with E-state index < -0.39 is 20.7 Å². The Morgan fingerprint density at radius 1 is 1.15 bits per heavy atom. The normalized spacial score (nSPS) is 14.8. The average Bonchev–Trinajstić information content (AvgIpc) is 2.61. The number of rotatable bonds is 14. The molecule has 0 bridgehead atoms. The zero-order valence-electron chi connectivity index (χ0n) is 17.0. The fraction of sp³-hybridized carbons (Fsp3) is 0.778. The van der Waals surface area contributed by atoms with Gasteiger partial charge in [0.2, 0.25) is 5.91 Å². The number of hydrogen-bond acceptors (Lipinski definition) is 5. The zero-order chi connectivity index (χ0) is 20.2. The topological polar surface area (TPSA) is 94.1 Å². The molecule has 0 rings (SSSR count). The molecule has 2 unspecified atom stereocenters. The van der Waals surface area contributed by atoms with Crippen LogP contribution in [0.25, 0.3) is 0 Å². The number of aliphatic carboxylic acids is 1. The maximum Gasteiger partial charge on any atom is 0.500 e. The summed E-state index contributed by atoms with van der Waals surface area (Å²) in [5, 5.41) is 11.9. The van der Waals surface area contributed by atoms with Crippen LogP contribution in [0.4, 0.5) is 0 Å². The molecule has 0 spiro atoms. The second-order valence-corrected chi connectivity index (χ2v) is 9.68. The highest BCUT2D eigenvalue weighted by molar-refractivity contribution is 6.60. The van der Waals surface area contributed by atoms with Gasteiger partial charge in [-0.3, -0.25) is 9.59 Å². The molecule has 0 aromatic rings. The van der Waals surface area contributed by atoms with Crippen LogP contribution in [-0.4, -0.2) is 53.7 Å². The molecule has 0 saturated heterocycles. The van der Waals surface area contributed by atoms with Crippen LogP contribution < -0.4 is 5.32 Å². The minimum absolute atomic E-state index is 0.176. The van der Waals surface area contributed by atoms with Crippen LogP contribution in [0.15, 0.2) is 11.6 Å². The molecule has 26 heavy (non-hydrogen) atoms. The van der Waals surface area contributed by atoms with E-state index >= 15 is 0 Å². The van der Waals surface area contributed by atoms with Gasteiger partial charge >= 0.3 is 14.8 Å². The maximum absolute atomic E-state index is 12.4. The molecule has 0 aromatic heterocycles. The Morgan fingerprint density at radius 2 is 1.73 bits per heavy atom. The van der Waals surface area contributed by atoms with Crippen LogP contribution in [0.2, 0.25) is 6.04 Å². The summed E-state index contributed by atoms with van der Waals surface area (Å²) >= 11 is 0. The predicted octanol–water partition coefficient (Wildman–Crippen LogP) is 2.84. The standard InChI is InChI=1S/C18H35NO6Si/c1-7-14(2)11-15(3)12-16(13-17(20)21)18(22)19-9-8-10-26(23-4,24-5)25-6/h11,14,16H,7-10,12-13H2,1-6H3,(H,19,22)(H,20,21). The maximum atomic E-state index is 12.4. The van der Waals surface area contributed by atoms with Crippen LogP contribution in [-0.2, 0) is 22.9 Å². The predicted molar refractivity (Wildman–Crippen MR) is 103 cm³/mol. The number of amides is 1. The summed E-state index contributed by atoms with van der Waals surface area (Å²) in [5.41, 5.74) is 1.05. The lowest BCUT2D eigenvalue weighted by molar-refractivity contribution is -0.141. The van der Waals surface area contributed by atoms with E-state index in [1.54, 1.807) is 21.3 Å². The lowest BCUT2D eigenvalue weighted by Crippen LogP contribution is -2.43. The molecule has 0 fully saturated rings. The van der Waals surface area contributed by atoms with E-state index in [0.717, 1.165) is 12.0 Å². The van der Waals surface area contributed by atoms with E-state index in [-0.39, 0.29) is 12.3 Å². The minimum atomic E-state index is -2.65. The Labute approximate surface area is 158 Å². The molecular weight excluding hydrogens is 354 g/mol. The van der Waals surface area contributed by atoms with Crippen molar-refractivity contribution in [3.05, 3.63) is 11.6 Å². The summed E-state index contributed by atoms with van der Waals surface area (Å²) in [4.78, 5) is 23.5. The van der Waals surface area contributed by atoms with Crippen LogP contribution in [0.1, 0.15) is 46.5 Å². The van der Waals surface area contributed by atoms with Gasteiger partial charge in [0.1, 0.15) is 0 Å². The van der Waals surface area contributed by atoms with Crippen molar-refractivity contribution < 1.29 is 28.0 Å². The summed E-state index contributed by atoms with van der Waals surface area (Å²) in [5.74, 6) is -1.35. The average molecular weight is 390 g/mol. The highest BCUT2D eigenvalue weighted by Gasteiger charge is 2.36. The molecule has 2 N–H and O–H groups in total. The number of hydrogen-bond donors (Lipinski definition) is 2. The third kappa shape index (κ3) is 9.47.